The zero-order valence-electron chi connectivity index (χ0n) is 15.7. The fourth-order valence-electron chi connectivity index (χ4n) is 4.39. The molecule has 1 unspecified atom stereocenters. The lowest BCUT2D eigenvalue weighted by Gasteiger charge is -2.24. The lowest BCUT2D eigenvalue weighted by Crippen LogP contribution is -2.32. The van der Waals surface area contributed by atoms with Crippen LogP contribution >= 0.6 is 0 Å². The van der Waals surface area contributed by atoms with Gasteiger partial charge in [0, 0.05) is 35.1 Å². The maximum atomic E-state index is 13.1. The number of para-hydroxylation sites is 2. The molecule has 1 amide bonds. The van der Waals surface area contributed by atoms with Crippen molar-refractivity contribution in [1.29, 1.82) is 0 Å². The predicted octanol–water partition coefficient (Wildman–Crippen LogP) is 3.83. The largest absolute Gasteiger partial charge is 0.356 e. The van der Waals surface area contributed by atoms with Crippen molar-refractivity contribution in [2.75, 3.05) is 0 Å². The average Bonchev–Trinajstić information content (AvgIpc) is 3.10. The van der Waals surface area contributed by atoms with Crippen LogP contribution in [0.25, 0.3) is 21.8 Å². The highest BCUT2D eigenvalue weighted by molar-refractivity contribution is 6.06. The highest BCUT2D eigenvalue weighted by Gasteiger charge is 2.26. The van der Waals surface area contributed by atoms with E-state index in [-0.39, 0.29) is 17.5 Å². The van der Waals surface area contributed by atoms with Gasteiger partial charge in [-0.1, -0.05) is 36.4 Å². The number of carbonyl (C=O) groups is 1. The number of aryl methyl sites for hydroxylation is 2. The van der Waals surface area contributed by atoms with E-state index in [2.05, 4.69) is 22.4 Å². The minimum absolute atomic E-state index is 0.0773. The van der Waals surface area contributed by atoms with Crippen LogP contribution in [-0.4, -0.2) is 15.5 Å². The normalized spacial score (nSPS) is 16.2. The van der Waals surface area contributed by atoms with E-state index in [0.29, 0.717) is 5.56 Å². The lowest BCUT2D eigenvalue weighted by atomic mass is 9.91. The number of H-pyrrole nitrogens is 1. The Morgan fingerprint density at radius 3 is 2.71 bits per heavy atom. The summed E-state index contributed by atoms with van der Waals surface area (Å²) >= 11 is 0. The number of carbonyl (C=O) groups excluding carboxylic acids is 1. The Labute approximate surface area is 162 Å². The third-order valence-corrected chi connectivity index (χ3v) is 5.82. The van der Waals surface area contributed by atoms with Crippen LogP contribution in [0.2, 0.25) is 0 Å². The van der Waals surface area contributed by atoms with Crippen LogP contribution in [-0.2, 0) is 13.5 Å². The molecule has 5 heteroatoms. The van der Waals surface area contributed by atoms with Crippen LogP contribution in [0.3, 0.4) is 0 Å². The molecule has 1 aliphatic rings. The topological polar surface area (TPSA) is 66.9 Å². The van der Waals surface area contributed by atoms with E-state index in [0.717, 1.165) is 41.4 Å². The lowest BCUT2D eigenvalue weighted by molar-refractivity contribution is 0.0933. The molecule has 0 radical (unpaired) electrons. The SMILES string of the molecule is Cn1c(=O)cc(C(=O)NC2CCCc3c2[nH]c2ccccc32)c2ccccc21. The van der Waals surface area contributed by atoms with Crippen LogP contribution in [0.5, 0.6) is 0 Å². The van der Waals surface area contributed by atoms with Gasteiger partial charge in [-0.2, -0.15) is 0 Å². The van der Waals surface area contributed by atoms with Gasteiger partial charge in [0.25, 0.3) is 11.5 Å². The quantitative estimate of drug-likeness (QED) is 0.562. The van der Waals surface area contributed by atoms with Crippen molar-refractivity contribution < 1.29 is 4.79 Å². The van der Waals surface area contributed by atoms with Crippen LogP contribution in [0.15, 0.2) is 59.4 Å². The van der Waals surface area contributed by atoms with E-state index < -0.39 is 0 Å². The molecule has 5 rings (SSSR count). The maximum absolute atomic E-state index is 13.1. The fourth-order valence-corrected chi connectivity index (χ4v) is 4.39. The zero-order valence-corrected chi connectivity index (χ0v) is 15.7. The standard InChI is InChI=1S/C23H21N3O2/c1-26-20-12-5-3-8-15(20)17(13-21(26)27)23(28)25-19-11-6-9-16-14-7-2-4-10-18(14)24-22(16)19/h2-5,7-8,10,12-13,19,24H,6,9,11H2,1H3,(H,25,28). The Kier molecular flexibility index (Phi) is 3.83. The third-order valence-electron chi connectivity index (χ3n) is 5.82. The second-order valence-electron chi connectivity index (χ2n) is 7.45. The molecule has 0 fully saturated rings. The van der Waals surface area contributed by atoms with Gasteiger partial charge in [0.1, 0.15) is 0 Å². The molecule has 1 atom stereocenters. The number of nitrogens with zero attached hydrogens (tertiary/aromatic N) is 1. The number of pyridine rings is 1. The van der Waals surface area contributed by atoms with Crippen LogP contribution in [0, 0.1) is 0 Å². The van der Waals surface area contributed by atoms with Crippen molar-refractivity contribution in [3.05, 3.63) is 81.8 Å². The number of amides is 1. The Balaban J connectivity index is 1.55. The molecular weight excluding hydrogens is 350 g/mol. The highest BCUT2D eigenvalue weighted by atomic mass is 16.2. The molecular formula is C23H21N3O2. The second kappa shape index (κ2) is 6.37. The van der Waals surface area contributed by atoms with Gasteiger partial charge in [-0.25, -0.2) is 0 Å². The first kappa shape index (κ1) is 16.8. The molecule has 2 aromatic carbocycles. The number of aromatic amines is 1. The summed E-state index contributed by atoms with van der Waals surface area (Å²) < 4.78 is 1.57. The van der Waals surface area contributed by atoms with Gasteiger partial charge in [0.2, 0.25) is 0 Å². The zero-order chi connectivity index (χ0) is 19.3. The van der Waals surface area contributed by atoms with Crippen LogP contribution < -0.4 is 10.9 Å². The summed E-state index contributed by atoms with van der Waals surface area (Å²) in [5.74, 6) is -0.203. The maximum Gasteiger partial charge on any atom is 0.252 e. The van der Waals surface area contributed by atoms with Crippen LogP contribution in [0.4, 0.5) is 0 Å². The first-order valence-electron chi connectivity index (χ1n) is 9.62. The van der Waals surface area contributed by atoms with Crippen LogP contribution in [0.1, 0.15) is 40.5 Å². The number of hydrogen-bond donors (Lipinski definition) is 2. The summed E-state index contributed by atoms with van der Waals surface area (Å²) in [6.45, 7) is 0. The van der Waals surface area contributed by atoms with Gasteiger partial charge < -0.3 is 14.9 Å². The molecule has 2 heterocycles. The van der Waals surface area contributed by atoms with E-state index in [1.807, 2.05) is 36.4 Å². The molecule has 0 aliphatic heterocycles. The molecule has 140 valence electrons. The molecule has 2 aromatic heterocycles. The Morgan fingerprint density at radius 2 is 1.86 bits per heavy atom. The van der Waals surface area contributed by atoms with Crippen molar-refractivity contribution in [1.82, 2.24) is 14.9 Å². The second-order valence-corrected chi connectivity index (χ2v) is 7.45. The monoisotopic (exact) mass is 371 g/mol. The smallest absolute Gasteiger partial charge is 0.252 e. The molecule has 28 heavy (non-hydrogen) atoms. The van der Waals surface area contributed by atoms with Gasteiger partial charge in [-0.3, -0.25) is 9.59 Å². The molecule has 1 aliphatic carbocycles. The van der Waals surface area contributed by atoms with Crippen molar-refractivity contribution in [3.63, 3.8) is 0 Å². The molecule has 5 nitrogen and oxygen atoms in total. The number of hydrogen-bond acceptors (Lipinski definition) is 2. The van der Waals surface area contributed by atoms with Crippen molar-refractivity contribution in [2.24, 2.45) is 7.05 Å². The summed E-state index contributed by atoms with van der Waals surface area (Å²) in [5.41, 5.74) is 4.50. The molecule has 0 saturated carbocycles. The van der Waals surface area contributed by atoms with Crippen molar-refractivity contribution in [3.8, 4) is 0 Å². The first-order valence-corrected chi connectivity index (χ1v) is 9.62. The summed E-state index contributed by atoms with van der Waals surface area (Å²) in [6, 6.07) is 17.1. The Morgan fingerprint density at radius 1 is 1.11 bits per heavy atom. The highest BCUT2D eigenvalue weighted by Crippen LogP contribution is 2.34. The first-order chi connectivity index (χ1) is 13.6. The molecule has 4 aromatic rings. The number of benzene rings is 2. The Bertz CT molecular complexity index is 1280. The number of rotatable bonds is 2. The van der Waals surface area contributed by atoms with Crippen molar-refractivity contribution in [2.45, 2.75) is 25.3 Å². The van der Waals surface area contributed by atoms with E-state index >= 15 is 0 Å². The predicted molar refractivity (Wildman–Crippen MR) is 111 cm³/mol. The van der Waals surface area contributed by atoms with Gasteiger partial charge in [0.15, 0.2) is 0 Å². The van der Waals surface area contributed by atoms with Gasteiger partial charge in [0.05, 0.1) is 17.1 Å². The average molecular weight is 371 g/mol. The molecule has 0 saturated heterocycles. The van der Waals surface area contributed by atoms with E-state index in [9.17, 15) is 9.59 Å². The number of aromatic nitrogens is 2. The number of nitrogens with one attached hydrogen (secondary N) is 2. The fraction of sp³-hybridized carbons (Fsp3) is 0.217. The van der Waals surface area contributed by atoms with Gasteiger partial charge >= 0.3 is 0 Å². The minimum atomic E-state index is -0.203. The molecule has 0 bridgehead atoms. The molecule has 2 N–H and O–H groups in total. The molecule has 0 spiro atoms. The minimum Gasteiger partial charge on any atom is -0.356 e. The number of fused-ring (bicyclic) bond motifs is 4. The third kappa shape index (κ3) is 2.54. The Hall–Kier alpha value is -3.34. The van der Waals surface area contributed by atoms with Gasteiger partial charge in [-0.15, -0.1) is 0 Å². The summed E-state index contributed by atoms with van der Waals surface area (Å²) in [4.78, 5) is 29.0. The van der Waals surface area contributed by atoms with Gasteiger partial charge in [-0.05, 0) is 37.0 Å². The van der Waals surface area contributed by atoms with E-state index in [1.165, 1.54) is 17.0 Å². The van der Waals surface area contributed by atoms with Crippen molar-refractivity contribution >= 4 is 27.7 Å². The summed E-state index contributed by atoms with van der Waals surface area (Å²) in [5, 5.41) is 5.19. The summed E-state index contributed by atoms with van der Waals surface area (Å²) in [6.07, 6.45) is 2.92. The summed E-state index contributed by atoms with van der Waals surface area (Å²) in [7, 11) is 1.73. The van der Waals surface area contributed by atoms with E-state index in [1.54, 1.807) is 11.6 Å². The van der Waals surface area contributed by atoms with E-state index in [4.69, 9.17) is 0 Å².